The zero-order valence-corrected chi connectivity index (χ0v) is 9.96. The number of carboxylic acid groups (broad SMARTS) is 1. The Kier molecular flexibility index (Phi) is 3.10. The third-order valence-corrected chi connectivity index (χ3v) is 2.75. The molecule has 1 aliphatic rings. The van der Waals surface area contributed by atoms with Crippen LogP contribution in [-0.2, 0) is 4.79 Å². The van der Waals surface area contributed by atoms with E-state index in [2.05, 4.69) is 4.99 Å². The number of allylic oxidation sites excluding steroid dienone is 1. The maximum absolute atomic E-state index is 12.1. The predicted molar refractivity (Wildman–Crippen MR) is 68.0 cm³/mol. The summed E-state index contributed by atoms with van der Waals surface area (Å²) < 4.78 is 0. The van der Waals surface area contributed by atoms with E-state index in [1.807, 2.05) is 6.07 Å². The molecule has 18 heavy (non-hydrogen) atoms. The number of hydrogen-bond donors (Lipinski definition) is 1. The van der Waals surface area contributed by atoms with Gasteiger partial charge in [0.1, 0.15) is 5.71 Å². The van der Waals surface area contributed by atoms with Crippen LogP contribution in [0.25, 0.3) is 0 Å². The van der Waals surface area contributed by atoms with Gasteiger partial charge in [-0.25, -0.2) is 0 Å². The van der Waals surface area contributed by atoms with Crippen LogP contribution in [0.5, 0.6) is 0 Å². The predicted octanol–water partition coefficient (Wildman–Crippen LogP) is 2.11. The highest BCUT2D eigenvalue weighted by Gasteiger charge is 2.30. The van der Waals surface area contributed by atoms with E-state index in [0.717, 1.165) is 0 Å². The first-order valence-electron chi connectivity index (χ1n) is 5.61. The summed E-state index contributed by atoms with van der Waals surface area (Å²) in [6, 6.07) is 8.82. The molecule has 0 spiro atoms. The van der Waals surface area contributed by atoms with Crippen LogP contribution in [0.3, 0.4) is 0 Å². The van der Waals surface area contributed by atoms with Crippen molar-refractivity contribution < 1.29 is 14.7 Å². The molecule has 4 heteroatoms. The number of carbonyl (C=O) groups excluding carboxylic acids is 1. The van der Waals surface area contributed by atoms with Gasteiger partial charge in [0.25, 0.3) is 0 Å². The van der Waals surface area contributed by atoms with Crippen molar-refractivity contribution in [2.24, 2.45) is 4.99 Å². The lowest BCUT2D eigenvalue weighted by molar-refractivity contribution is -0.137. The number of carboxylic acids is 1. The Hall–Kier alpha value is -2.23. The summed E-state index contributed by atoms with van der Waals surface area (Å²) in [6.45, 7) is 1.70. The van der Waals surface area contributed by atoms with Crippen molar-refractivity contribution in [3.05, 3.63) is 48.0 Å². The summed E-state index contributed by atoms with van der Waals surface area (Å²) in [6.07, 6.45) is 3.14. The molecule has 1 unspecified atom stereocenters. The SMILES string of the molecule is CC1(CC(=O)O)C=CC(C(=O)c2ccccc2)=N1. The van der Waals surface area contributed by atoms with Crippen molar-refractivity contribution in [1.82, 2.24) is 0 Å². The summed E-state index contributed by atoms with van der Waals surface area (Å²) in [7, 11) is 0. The minimum atomic E-state index is -0.931. The molecule has 0 saturated heterocycles. The second kappa shape index (κ2) is 4.56. The number of hydrogen-bond acceptors (Lipinski definition) is 3. The molecule has 1 heterocycles. The molecule has 0 saturated carbocycles. The number of ketones is 1. The number of aliphatic imine (C=N–C) groups is 1. The van der Waals surface area contributed by atoms with Gasteiger partial charge in [0, 0.05) is 5.56 Å². The van der Waals surface area contributed by atoms with Gasteiger partial charge in [0.15, 0.2) is 0 Å². The molecule has 4 nitrogen and oxygen atoms in total. The van der Waals surface area contributed by atoms with Crippen molar-refractivity contribution in [2.75, 3.05) is 0 Å². The standard InChI is InChI=1S/C14H13NO3/c1-14(9-12(16)17)8-7-11(15-14)13(18)10-5-3-2-4-6-10/h2-8H,9H2,1H3,(H,16,17). The molecule has 92 valence electrons. The summed E-state index contributed by atoms with van der Waals surface area (Å²) in [5, 5.41) is 8.79. The van der Waals surface area contributed by atoms with Crippen LogP contribution in [0.2, 0.25) is 0 Å². The Bertz CT molecular complexity index is 545. The average Bonchev–Trinajstić information content (AvgIpc) is 2.70. The van der Waals surface area contributed by atoms with Crippen molar-refractivity contribution in [3.8, 4) is 0 Å². The summed E-state index contributed by atoms with van der Waals surface area (Å²) >= 11 is 0. The molecule has 1 aromatic carbocycles. The Morgan fingerprint density at radius 3 is 2.56 bits per heavy atom. The van der Waals surface area contributed by atoms with E-state index in [1.165, 1.54) is 0 Å². The molecule has 1 atom stereocenters. The summed E-state index contributed by atoms with van der Waals surface area (Å²) in [5.74, 6) is -1.11. The fourth-order valence-electron chi connectivity index (χ4n) is 1.88. The maximum Gasteiger partial charge on any atom is 0.306 e. The summed E-state index contributed by atoms with van der Waals surface area (Å²) in [4.78, 5) is 27.0. The molecule has 0 radical (unpaired) electrons. The van der Waals surface area contributed by atoms with Gasteiger partial charge in [-0.05, 0) is 13.0 Å². The van der Waals surface area contributed by atoms with Crippen molar-refractivity contribution >= 4 is 17.5 Å². The van der Waals surface area contributed by atoms with Crippen LogP contribution < -0.4 is 0 Å². The first-order valence-corrected chi connectivity index (χ1v) is 5.61. The molecule has 0 bridgehead atoms. The van der Waals surface area contributed by atoms with Crippen LogP contribution >= 0.6 is 0 Å². The monoisotopic (exact) mass is 243 g/mol. The minimum absolute atomic E-state index is 0.116. The quantitative estimate of drug-likeness (QED) is 0.823. The van der Waals surface area contributed by atoms with Gasteiger partial charge in [-0.2, -0.15) is 0 Å². The molecule has 0 aromatic heterocycles. The van der Waals surface area contributed by atoms with E-state index in [0.29, 0.717) is 11.3 Å². The van der Waals surface area contributed by atoms with E-state index in [1.54, 1.807) is 43.3 Å². The van der Waals surface area contributed by atoms with E-state index in [-0.39, 0.29) is 12.2 Å². The molecular weight excluding hydrogens is 230 g/mol. The van der Waals surface area contributed by atoms with Crippen LogP contribution in [0.1, 0.15) is 23.7 Å². The number of aliphatic carboxylic acids is 1. The second-order valence-electron chi connectivity index (χ2n) is 4.45. The first kappa shape index (κ1) is 12.2. The number of Topliss-reactive ketones (excluding diaryl/α,β-unsaturated/α-hetero) is 1. The second-order valence-corrected chi connectivity index (χ2v) is 4.45. The van der Waals surface area contributed by atoms with Gasteiger partial charge in [-0.15, -0.1) is 0 Å². The molecular formula is C14H13NO3. The molecule has 2 rings (SSSR count). The fraction of sp³-hybridized carbons (Fsp3) is 0.214. The maximum atomic E-state index is 12.1. The number of benzene rings is 1. The number of rotatable bonds is 4. The van der Waals surface area contributed by atoms with E-state index < -0.39 is 11.5 Å². The third-order valence-electron chi connectivity index (χ3n) is 2.75. The first-order chi connectivity index (χ1) is 8.50. The van der Waals surface area contributed by atoms with Crippen LogP contribution in [0.15, 0.2) is 47.5 Å². The average molecular weight is 243 g/mol. The molecule has 1 N–H and O–H groups in total. The van der Waals surface area contributed by atoms with Gasteiger partial charge < -0.3 is 5.11 Å². The van der Waals surface area contributed by atoms with E-state index in [4.69, 9.17) is 5.11 Å². The highest BCUT2D eigenvalue weighted by atomic mass is 16.4. The molecule has 0 aliphatic carbocycles. The lowest BCUT2D eigenvalue weighted by Gasteiger charge is -2.14. The Balaban J connectivity index is 2.22. The van der Waals surface area contributed by atoms with Gasteiger partial charge in [0.2, 0.25) is 5.78 Å². The Labute approximate surface area is 105 Å². The van der Waals surface area contributed by atoms with Crippen LogP contribution in [0.4, 0.5) is 0 Å². The van der Waals surface area contributed by atoms with Crippen molar-refractivity contribution in [1.29, 1.82) is 0 Å². The largest absolute Gasteiger partial charge is 0.481 e. The lowest BCUT2D eigenvalue weighted by atomic mass is 10.0. The van der Waals surface area contributed by atoms with Gasteiger partial charge in [-0.3, -0.25) is 14.6 Å². The fourth-order valence-corrected chi connectivity index (χ4v) is 1.88. The topological polar surface area (TPSA) is 66.7 Å². The van der Waals surface area contributed by atoms with Gasteiger partial charge in [0.05, 0.1) is 12.0 Å². The molecule has 0 amide bonds. The van der Waals surface area contributed by atoms with E-state index in [9.17, 15) is 9.59 Å². The smallest absolute Gasteiger partial charge is 0.306 e. The van der Waals surface area contributed by atoms with Gasteiger partial charge in [-0.1, -0.05) is 36.4 Å². The minimum Gasteiger partial charge on any atom is -0.481 e. The normalized spacial score (nSPS) is 21.7. The van der Waals surface area contributed by atoms with Crippen molar-refractivity contribution in [3.63, 3.8) is 0 Å². The number of carbonyl (C=O) groups is 2. The third kappa shape index (κ3) is 2.53. The zero-order valence-electron chi connectivity index (χ0n) is 9.96. The molecule has 1 aromatic rings. The molecule has 1 aliphatic heterocycles. The Morgan fingerprint density at radius 2 is 1.94 bits per heavy atom. The molecule has 0 fully saturated rings. The Morgan fingerprint density at radius 1 is 1.28 bits per heavy atom. The zero-order chi connectivity index (χ0) is 13.2. The number of nitrogens with zero attached hydrogens (tertiary/aromatic N) is 1. The highest BCUT2D eigenvalue weighted by molar-refractivity contribution is 6.50. The van der Waals surface area contributed by atoms with Crippen LogP contribution in [0, 0.1) is 0 Å². The van der Waals surface area contributed by atoms with E-state index >= 15 is 0 Å². The van der Waals surface area contributed by atoms with Crippen molar-refractivity contribution in [2.45, 2.75) is 18.9 Å². The van der Waals surface area contributed by atoms with Crippen LogP contribution in [-0.4, -0.2) is 28.1 Å². The summed E-state index contributed by atoms with van der Waals surface area (Å²) in [5.41, 5.74) is 0.0523. The highest BCUT2D eigenvalue weighted by Crippen LogP contribution is 2.24. The lowest BCUT2D eigenvalue weighted by Crippen LogP contribution is -2.22. The van der Waals surface area contributed by atoms with Gasteiger partial charge >= 0.3 is 5.97 Å².